The molecular formula is C14H23N. The van der Waals surface area contributed by atoms with Gasteiger partial charge in [0.25, 0.3) is 0 Å². The summed E-state index contributed by atoms with van der Waals surface area (Å²) in [5.74, 6) is 0.565. The van der Waals surface area contributed by atoms with Crippen molar-refractivity contribution >= 4 is 6.21 Å². The third kappa shape index (κ3) is 6.93. The highest BCUT2D eigenvalue weighted by molar-refractivity contribution is 5.71. The summed E-state index contributed by atoms with van der Waals surface area (Å²) >= 11 is 0. The Morgan fingerprint density at radius 3 is 2.67 bits per heavy atom. The molecule has 1 nitrogen and oxygen atoms in total. The molecule has 0 aromatic rings. The van der Waals surface area contributed by atoms with Gasteiger partial charge in [0.05, 0.1) is 5.54 Å². The molecule has 0 spiro atoms. The Balaban J connectivity index is 0.000000921. The van der Waals surface area contributed by atoms with Crippen molar-refractivity contribution in [3.05, 3.63) is 30.0 Å². The van der Waals surface area contributed by atoms with Crippen molar-refractivity contribution in [2.45, 2.75) is 46.6 Å². The van der Waals surface area contributed by atoms with Crippen molar-refractivity contribution in [2.75, 3.05) is 0 Å². The lowest BCUT2D eigenvalue weighted by atomic mass is 10.0. The van der Waals surface area contributed by atoms with E-state index in [0.717, 1.165) is 6.42 Å². The Morgan fingerprint density at radius 2 is 2.00 bits per heavy atom. The zero-order chi connectivity index (χ0) is 11.7. The summed E-state index contributed by atoms with van der Waals surface area (Å²) in [6, 6.07) is 0. The van der Waals surface area contributed by atoms with Crippen LogP contribution in [0.15, 0.2) is 35.0 Å². The van der Waals surface area contributed by atoms with Gasteiger partial charge in [-0.1, -0.05) is 32.9 Å². The summed E-state index contributed by atoms with van der Waals surface area (Å²) in [5, 5.41) is 0. The quantitative estimate of drug-likeness (QED) is 0.416. The van der Waals surface area contributed by atoms with Gasteiger partial charge in [-0.2, -0.15) is 0 Å². The smallest absolute Gasteiger partial charge is 0.0731 e. The predicted molar refractivity (Wildman–Crippen MR) is 69.5 cm³/mol. The first-order valence-electron chi connectivity index (χ1n) is 5.74. The molecule has 15 heavy (non-hydrogen) atoms. The highest BCUT2D eigenvalue weighted by atomic mass is 14.8. The average Bonchev–Trinajstić information content (AvgIpc) is 2.19. The Kier molecular flexibility index (Phi) is 6.73. The van der Waals surface area contributed by atoms with Gasteiger partial charge in [-0.25, -0.2) is 0 Å². The van der Waals surface area contributed by atoms with Crippen molar-refractivity contribution < 1.29 is 0 Å². The minimum Gasteiger partial charge on any atom is -0.282 e. The van der Waals surface area contributed by atoms with E-state index in [1.807, 2.05) is 26.1 Å². The van der Waals surface area contributed by atoms with Crippen LogP contribution in [0.25, 0.3) is 0 Å². The number of nitrogens with zero attached hydrogens (tertiary/aromatic N) is 1. The fourth-order valence-electron chi connectivity index (χ4n) is 1.17. The van der Waals surface area contributed by atoms with Crippen LogP contribution in [0.5, 0.6) is 0 Å². The Morgan fingerprint density at radius 1 is 1.33 bits per heavy atom. The molecule has 0 amide bonds. The fraction of sp³-hybridized carbons (Fsp3) is 0.571. The van der Waals surface area contributed by atoms with Crippen molar-refractivity contribution in [3.8, 4) is 0 Å². The summed E-state index contributed by atoms with van der Waals surface area (Å²) in [7, 11) is 0. The lowest BCUT2D eigenvalue weighted by Gasteiger charge is -2.14. The van der Waals surface area contributed by atoms with Crippen LogP contribution < -0.4 is 0 Å². The molecule has 0 bridgehead atoms. The molecule has 0 fully saturated rings. The van der Waals surface area contributed by atoms with E-state index in [1.54, 1.807) is 0 Å². The number of hydrogen-bond acceptors (Lipinski definition) is 1. The third-order valence-electron chi connectivity index (χ3n) is 1.99. The molecule has 1 aliphatic heterocycles. The molecule has 1 aliphatic rings. The minimum atomic E-state index is -0.0742. The fourth-order valence-corrected chi connectivity index (χ4v) is 1.17. The maximum atomic E-state index is 4.39. The van der Waals surface area contributed by atoms with E-state index < -0.39 is 0 Å². The second-order valence-electron chi connectivity index (χ2n) is 4.05. The van der Waals surface area contributed by atoms with Gasteiger partial charge in [-0.15, -0.1) is 5.73 Å². The summed E-state index contributed by atoms with van der Waals surface area (Å²) < 4.78 is 0. The number of aliphatic imine (C=N–C) groups is 1. The summed E-state index contributed by atoms with van der Waals surface area (Å²) in [5.41, 5.74) is 3.04. The van der Waals surface area contributed by atoms with Crippen LogP contribution in [0.2, 0.25) is 0 Å². The number of rotatable bonds is 0. The number of allylic oxidation sites excluding steroid dienone is 2. The molecule has 0 N–H and O–H groups in total. The van der Waals surface area contributed by atoms with Crippen LogP contribution in [0.3, 0.4) is 0 Å². The van der Waals surface area contributed by atoms with Gasteiger partial charge in [0.15, 0.2) is 0 Å². The maximum absolute atomic E-state index is 4.39. The average molecular weight is 205 g/mol. The van der Waals surface area contributed by atoms with E-state index in [0.29, 0.717) is 5.92 Å². The SMILES string of the molecule is CC.CC1C=C=CC=NC(C)(C)/C=C/C1. The first kappa shape index (κ1) is 13.9. The van der Waals surface area contributed by atoms with Gasteiger partial charge < -0.3 is 0 Å². The molecular weight excluding hydrogens is 182 g/mol. The van der Waals surface area contributed by atoms with Crippen LogP contribution in [-0.4, -0.2) is 11.8 Å². The zero-order valence-electron chi connectivity index (χ0n) is 10.6. The van der Waals surface area contributed by atoms with Gasteiger partial charge >= 0.3 is 0 Å². The topological polar surface area (TPSA) is 12.4 Å². The highest BCUT2D eigenvalue weighted by Gasteiger charge is 2.09. The molecule has 84 valence electrons. The Bertz CT molecular complexity index is 276. The molecule has 0 saturated carbocycles. The largest absolute Gasteiger partial charge is 0.282 e. The van der Waals surface area contributed by atoms with Gasteiger partial charge in [-0.3, -0.25) is 4.99 Å². The molecule has 0 aromatic heterocycles. The van der Waals surface area contributed by atoms with E-state index in [9.17, 15) is 0 Å². The third-order valence-corrected chi connectivity index (χ3v) is 1.99. The minimum absolute atomic E-state index is 0.0742. The highest BCUT2D eigenvalue weighted by Crippen LogP contribution is 2.13. The molecule has 1 rings (SSSR count). The van der Waals surface area contributed by atoms with E-state index in [1.165, 1.54) is 0 Å². The maximum Gasteiger partial charge on any atom is 0.0731 e. The van der Waals surface area contributed by atoms with Crippen molar-refractivity contribution in [1.29, 1.82) is 0 Å². The molecule has 0 radical (unpaired) electrons. The normalized spacial score (nSPS) is 25.3. The van der Waals surface area contributed by atoms with Gasteiger partial charge in [0.2, 0.25) is 0 Å². The van der Waals surface area contributed by atoms with Crippen LogP contribution in [0.1, 0.15) is 41.0 Å². The molecule has 1 heterocycles. The van der Waals surface area contributed by atoms with E-state index >= 15 is 0 Å². The standard InChI is InChI=1S/C12H17N.C2H6/c1-11-7-4-5-10-13-12(2,3)9-6-8-11;1-2/h5-7,9-11H,8H2,1-3H3;1-2H3/b9-6+,13-10?;. The summed E-state index contributed by atoms with van der Waals surface area (Å²) in [4.78, 5) is 4.39. The van der Waals surface area contributed by atoms with E-state index in [-0.39, 0.29) is 5.54 Å². The zero-order valence-corrected chi connectivity index (χ0v) is 10.6. The lowest BCUT2D eigenvalue weighted by molar-refractivity contribution is 0.650. The van der Waals surface area contributed by atoms with Gasteiger partial charge in [0.1, 0.15) is 0 Å². The van der Waals surface area contributed by atoms with Crippen molar-refractivity contribution in [1.82, 2.24) is 0 Å². The van der Waals surface area contributed by atoms with Crippen LogP contribution >= 0.6 is 0 Å². The van der Waals surface area contributed by atoms with Gasteiger partial charge in [0, 0.05) is 6.21 Å². The number of hydrogen-bond donors (Lipinski definition) is 0. The van der Waals surface area contributed by atoms with Crippen molar-refractivity contribution in [2.24, 2.45) is 10.9 Å². The molecule has 0 aliphatic carbocycles. The van der Waals surface area contributed by atoms with Crippen LogP contribution in [-0.2, 0) is 0 Å². The van der Waals surface area contributed by atoms with E-state index in [4.69, 9.17) is 0 Å². The van der Waals surface area contributed by atoms with Crippen LogP contribution in [0.4, 0.5) is 0 Å². The second kappa shape index (κ2) is 7.25. The molecule has 1 heteroatoms. The first-order chi connectivity index (χ1) is 7.10. The first-order valence-corrected chi connectivity index (χ1v) is 5.74. The monoisotopic (exact) mass is 205 g/mol. The lowest BCUT2D eigenvalue weighted by Crippen LogP contribution is -2.12. The van der Waals surface area contributed by atoms with E-state index in [2.05, 4.69) is 49.7 Å². The Labute approximate surface area is 94.3 Å². The summed E-state index contributed by atoms with van der Waals surface area (Å²) in [6.45, 7) is 10.4. The van der Waals surface area contributed by atoms with Crippen molar-refractivity contribution in [3.63, 3.8) is 0 Å². The molecule has 0 saturated heterocycles. The second-order valence-corrected chi connectivity index (χ2v) is 4.05. The molecule has 0 aromatic carbocycles. The predicted octanol–water partition coefficient (Wildman–Crippen LogP) is 4.17. The van der Waals surface area contributed by atoms with Gasteiger partial charge in [-0.05, 0) is 38.3 Å². The van der Waals surface area contributed by atoms with Crippen LogP contribution in [0, 0.1) is 5.92 Å². The molecule has 1 unspecified atom stereocenters. The summed E-state index contributed by atoms with van der Waals surface area (Å²) in [6.07, 6.45) is 11.2. The Hall–Kier alpha value is -1.07. The molecule has 1 atom stereocenters.